The van der Waals surface area contributed by atoms with E-state index in [0.717, 1.165) is 16.0 Å². The molecular weight excluding hydrogens is 459 g/mol. The summed E-state index contributed by atoms with van der Waals surface area (Å²) in [7, 11) is -3.55. The van der Waals surface area contributed by atoms with Crippen LogP contribution in [0.5, 0.6) is 0 Å². The van der Waals surface area contributed by atoms with E-state index in [1.807, 2.05) is 47.8 Å². The first-order valence-corrected chi connectivity index (χ1v) is 13.1. The van der Waals surface area contributed by atoms with E-state index in [1.165, 1.54) is 33.2 Å². The van der Waals surface area contributed by atoms with Crippen molar-refractivity contribution in [1.82, 2.24) is 9.62 Å². The maximum absolute atomic E-state index is 13.4. The molecule has 0 bridgehead atoms. The van der Waals surface area contributed by atoms with Gasteiger partial charge in [-0.2, -0.15) is 4.31 Å². The Morgan fingerprint density at radius 2 is 1.73 bits per heavy atom. The van der Waals surface area contributed by atoms with E-state index in [-0.39, 0.29) is 23.7 Å². The van der Waals surface area contributed by atoms with Crippen molar-refractivity contribution >= 4 is 33.3 Å². The molecule has 4 rings (SSSR count). The van der Waals surface area contributed by atoms with Crippen molar-refractivity contribution in [1.29, 1.82) is 0 Å². The average molecular weight is 485 g/mol. The molecule has 172 valence electrons. The highest BCUT2D eigenvalue weighted by Gasteiger charge is 2.31. The van der Waals surface area contributed by atoms with E-state index in [1.54, 1.807) is 18.2 Å². The van der Waals surface area contributed by atoms with E-state index in [9.17, 15) is 17.6 Å². The van der Waals surface area contributed by atoms with Crippen molar-refractivity contribution in [3.63, 3.8) is 0 Å². The summed E-state index contributed by atoms with van der Waals surface area (Å²) in [5, 5.41) is 6.25. The van der Waals surface area contributed by atoms with Crippen LogP contribution in [0.1, 0.15) is 34.9 Å². The lowest BCUT2D eigenvalue weighted by Crippen LogP contribution is -2.43. The van der Waals surface area contributed by atoms with Crippen molar-refractivity contribution in [2.45, 2.75) is 18.9 Å². The lowest BCUT2D eigenvalue weighted by atomic mass is 9.96. The molecular formula is C25H25FN2O3S2. The molecule has 2 heterocycles. The summed E-state index contributed by atoms with van der Waals surface area (Å²) in [4.78, 5) is 14.0. The minimum atomic E-state index is -3.55. The van der Waals surface area contributed by atoms with Gasteiger partial charge < -0.3 is 5.32 Å². The first-order chi connectivity index (χ1) is 15.9. The molecule has 5 nitrogen and oxygen atoms in total. The third-order valence-corrected chi connectivity index (χ3v) is 8.24. The van der Waals surface area contributed by atoms with Gasteiger partial charge in [0, 0.05) is 29.3 Å². The van der Waals surface area contributed by atoms with E-state index in [2.05, 4.69) is 5.32 Å². The Morgan fingerprint density at radius 3 is 2.36 bits per heavy atom. The molecule has 1 saturated heterocycles. The highest BCUT2D eigenvalue weighted by atomic mass is 32.2. The third kappa shape index (κ3) is 5.96. The fourth-order valence-corrected chi connectivity index (χ4v) is 5.90. The largest absolute Gasteiger partial charge is 0.344 e. The molecule has 33 heavy (non-hydrogen) atoms. The van der Waals surface area contributed by atoms with Crippen molar-refractivity contribution in [2.24, 2.45) is 5.92 Å². The molecule has 0 radical (unpaired) electrons. The molecule has 1 atom stereocenters. The number of amides is 1. The number of hydrogen-bond donors (Lipinski definition) is 1. The van der Waals surface area contributed by atoms with Crippen LogP contribution in [0, 0.1) is 11.7 Å². The molecule has 2 aromatic carbocycles. The van der Waals surface area contributed by atoms with Crippen LogP contribution < -0.4 is 5.32 Å². The second kappa shape index (κ2) is 10.4. The number of halogens is 1. The van der Waals surface area contributed by atoms with Crippen LogP contribution in [0.4, 0.5) is 4.39 Å². The normalized spacial score (nSPS) is 16.6. The van der Waals surface area contributed by atoms with Gasteiger partial charge in [0.2, 0.25) is 15.9 Å². The maximum Gasteiger partial charge on any atom is 0.236 e. The lowest BCUT2D eigenvalue weighted by molar-refractivity contribution is -0.126. The highest BCUT2D eigenvalue weighted by Crippen LogP contribution is 2.28. The third-order valence-electron chi connectivity index (χ3n) is 5.73. The number of piperidine rings is 1. The van der Waals surface area contributed by atoms with Gasteiger partial charge in [0.15, 0.2) is 0 Å². The molecule has 0 aliphatic carbocycles. The number of nitrogens with one attached hydrogen (secondary N) is 1. The summed E-state index contributed by atoms with van der Waals surface area (Å²) < 4.78 is 40.2. The van der Waals surface area contributed by atoms with Crippen LogP contribution in [0.25, 0.3) is 6.08 Å². The van der Waals surface area contributed by atoms with Crippen LogP contribution in [0.3, 0.4) is 0 Å². The Balaban J connectivity index is 1.39. The zero-order valence-electron chi connectivity index (χ0n) is 17.9. The monoisotopic (exact) mass is 484 g/mol. The predicted octanol–water partition coefficient (Wildman–Crippen LogP) is 4.81. The zero-order valence-corrected chi connectivity index (χ0v) is 19.6. The predicted molar refractivity (Wildman–Crippen MR) is 129 cm³/mol. The van der Waals surface area contributed by atoms with Crippen molar-refractivity contribution in [3.05, 3.63) is 99.3 Å². The summed E-state index contributed by atoms with van der Waals surface area (Å²) in [5.41, 5.74) is 1.62. The summed E-state index contributed by atoms with van der Waals surface area (Å²) in [6, 6.07) is 18.9. The smallest absolute Gasteiger partial charge is 0.236 e. The Hall–Kier alpha value is -2.81. The minimum absolute atomic E-state index is 0.116. The van der Waals surface area contributed by atoms with Gasteiger partial charge in [0.25, 0.3) is 0 Å². The number of thiophene rings is 1. The van der Waals surface area contributed by atoms with Gasteiger partial charge in [0.1, 0.15) is 5.82 Å². The molecule has 0 spiro atoms. The Labute approximate surface area is 197 Å². The second-order valence-corrected chi connectivity index (χ2v) is 10.7. The second-order valence-electron chi connectivity index (χ2n) is 7.94. The number of hydrogen-bond acceptors (Lipinski definition) is 4. The van der Waals surface area contributed by atoms with Crippen molar-refractivity contribution < 1.29 is 17.6 Å². The van der Waals surface area contributed by atoms with E-state index in [0.29, 0.717) is 25.9 Å². The molecule has 1 aliphatic heterocycles. The van der Waals surface area contributed by atoms with Crippen LogP contribution in [-0.4, -0.2) is 31.7 Å². The topological polar surface area (TPSA) is 66.5 Å². The maximum atomic E-state index is 13.4. The van der Waals surface area contributed by atoms with Crippen LogP contribution in [-0.2, 0) is 14.8 Å². The summed E-state index contributed by atoms with van der Waals surface area (Å²) in [5.74, 6) is -0.725. The van der Waals surface area contributed by atoms with E-state index in [4.69, 9.17) is 0 Å². The number of rotatable bonds is 7. The number of carbonyl (C=O) groups is 1. The minimum Gasteiger partial charge on any atom is -0.344 e. The van der Waals surface area contributed by atoms with Gasteiger partial charge in [-0.1, -0.05) is 48.5 Å². The lowest BCUT2D eigenvalue weighted by Gasteiger charge is -2.30. The average Bonchev–Trinajstić information content (AvgIpc) is 3.37. The van der Waals surface area contributed by atoms with Gasteiger partial charge in [-0.15, -0.1) is 11.3 Å². The molecule has 1 aliphatic rings. The van der Waals surface area contributed by atoms with Gasteiger partial charge >= 0.3 is 0 Å². The summed E-state index contributed by atoms with van der Waals surface area (Å²) >= 11 is 1.52. The Bertz CT molecular complexity index is 1190. The first-order valence-electron chi connectivity index (χ1n) is 10.7. The molecule has 0 saturated carbocycles. The van der Waals surface area contributed by atoms with Gasteiger partial charge in [-0.25, -0.2) is 12.8 Å². The van der Waals surface area contributed by atoms with Crippen molar-refractivity contribution in [2.75, 3.05) is 13.1 Å². The Morgan fingerprint density at radius 1 is 1.03 bits per heavy atom. The van der Waals surface area contributed by atoms with Crippen LogP contribution in [0.15, 0.2) is 77.5 Å². The SMILES string of the molecule is O=C(NC(c1ccc(F)cc1)c1cccs1)C1CCN(S(=O)(=O)/C=C/c2ccccc2)CC1. The first kappa shape index (κ1) is 23.4. The number of carbonyl (C=O) groups excluding carboxylic acids is 1. The molecule has 1 amide bonds. The zero-order chi connectivity index (χ0) is 23.3. The fourth-order valence-electron chi connectivity index (χ4n) is 3.88. The summed E-state index contributed by atoms with van der Waals surface area (Å²) in [6.45, 7) is 0.583. The molecule has 1 N–H and O–H groups in total. The molecule has 3 aromatic rings. The molecule has 8 heteroatoms. The molecule has 1 aromatic heterocycles. The quantitative estimate of drug-likeness (QED) is 0.524. The van der Waals surface area contributed by atoms with Crippen LogP contribution in [0.2, 0.25) is 0 Å². The van der Waals surface area contributed by atoms with E-state index < -0.39 is 10.0 Å². The fraction of sp³-hybridized carbons (Fsp3) is 0.240. The molecule has 1 unspecified atom stereocenters. The number of benzene rings is 2. The van der Waals surface area contributed by atoms with Crippen LogP contribution >= 0.6 is 11.3 Å². The van der Waals surface area contributed by atoms with Crippen molar-refractivity contribution in [3.8, 4) is 0 Å². The number of nitrogens with zero attached hydrogens (tertiary/aromatic N) is 1. The van der Waals surface area contributed by atoms with Gasteiger partial charge in [-0.3, -0.25) is 4.79 Å². The highest BCUT2D eigenvalue weighted by molar-refractivity contribution is 7.92. The Kier molecular flexibility index (Phi) is 7.37. The van der Waals surface area contributed by atoms with Gasteiger partial charge in [0.05, 0.1) is 6.04 Å². The van der Waals surface area contributed by atoms with E-state index >= 15 is 0 Å². The molecule has 1 fully saturated rings. The standard InChI is InChI=1S/C25H25FN2O3S2/c26-22-10-8-20(9-11-22)24(23-7-4-17-32-23)27-25(29)21-12-15-28(16-13-21)33(30,31)18-14-19-5-2-1-3-6-19/h1-11,14,17-18,21,24H,12-13,15-16H2,(H,27,29)/b18-14+. The summed E-state index contributed by atoms with van der Waals surface area (Å²) in [6.07, 6.45) is 2.48. The number of sulfonamides is 1. The van der Waals surface area contributed by atoms with Gasteiger partial charge in [-0.05, 0) is 53.6 Å².